The summed E-state index contributed by atoms with van der Waals surface area (Å²) >= 11 is 0. The van der Waals surface area contributed by atoms with E-state index in [9.17, 15) is 22.8 Å². The fraction of sp³-hybridized carbons (Fsp3) is 0.389. The number of rotatable bonds is 5. The lowest BCUT2D eigenvalue weighted by Crippen LogP contribution is -2.46. The number of esters is 1. The SMILES string of the molecule is COC(=O)C(Cc1cc2ccnc(N)c2cc1OC(F)(F)F)N1CCC(N)C1=O. The third kappa shape index (κ3) is 4.34. The van der Waals surface area contributed by atoms with E-state index in [4.69, 9.17) is 16.2 Å². The summed E-state index contributed by atoms with van der Waals surface area (Å²) in [6, 6.07) is 2.19. The Bertz CT molecular complexity index is 951. The third-order valence-corrected chi connectivity index (χ3v) is 4.75. The topological polar surface area (TPSA) is 121 Å². The van der Waals surface area contributed by atoms with Gasteiger partial charge in [0.1, 0.15) is 17.6 Å². The molecule has 1 amide bonds. The Hall–Kier alpha value is -3.08. The van der Waals surface area contributed by atoms with Gasteiger partial charge in [0.2, 0.25) is 5.91 Å². The molecule has 1 aromatic heterocycles. The summed E-state index contributed by atoms with van der Waals surface area (Å²) in [6.07, 6.45) is -3.48. The van der Waals surface area contributed by atoms with Gasteiger partial charge in [0.25, 0.3) is 0 Å². The molecule has 3 rings (SSSR count). The van der Waals surface area contributed by atoms with Gasteiger partial charge in [-0.3, -0.25) is 4.79 Å². The first-order valence-electron chi connectivity index (χ1n) is 8.67. The van der Waals surface area contributed by atoms with E-state index in [0.29, 0.717) is 11.8 Å². The Balaban J connectivity index is 2.06. The highest BCUT2D eigenvalue weighted by atomic mass is 19.4. The van der Waals surface area contributed by atoms with Crippen molar-refractivity contribution in [3.63, 3.8) is 0 Å². The number of alkyl halides is 3. The number of halogens is 3. The van der Waals surface area contributed by atoms with Crippen LogP contribution in [-0.2, 0) is 20.7 Å². The molecule has 29 heavy (non-hydrogen) atoms. The average Bonchev–Trinajstić information content (AvgIpc) is 2.97. The van der Waals surface area contributed by atoms with Crippen LogP contribution in [0.15, 0.2) is 24.4 Å². The minimum absolute atomic E-state index is 0.0336. The lowest BCUT2D eigenvalue weighted by Gasteiger charge is -2.27. The lowest BCUT2D eigenvalue weighted by molar-refractivity contribution is -0.274. The van der Waals surface area contributed by atoms with Crippen LogP contribution in [0.4, 0.5) is 19.0 Å². The number of likely N-dealkylation sites (tertiary alicyclic amines) is 1. The monoisotopic (exact) mass is 412 g/mol. The minimum atomic E-state index is -4.97. The number of aromatic nitrogens is 1. The van der Waals surface area contributed by atoms with Crippen molar-refractivity contribution in [2.45, 2.75) is 31.3 Å². The number of methoxy groups -OCH3 is 1. The molecule has 0 aliphatic carbocycles. The van der Waals surface area contributed by atoms with Gasteiger partial charge in [-0.2, -0.15) is 0 Å². The average molecular weight is 412 g/mol. The van der Waals surface area contributed by atoms with E-state index in [1.165, 1.54) is 17.2 Å². The van der Waals surface area contributed by atoms with Crippen molar-refractivity contribution in [3.8, 4) is 5.75 Å². The number of carbonyl (C=O) groups is 2. The molecule has 2 unspecified atom stereocenters. The zero-order valence-electron chi connectivity index (χ0n) is 15.4. The Morgan fingerprint density at radius 3 is 2.72 bits per heavy atom. The van der Waals surface area contributed by atoms with Crippen molar-refractivity contribution in [2.75, 3.05) is 19.4 Å². The Morgan fingerprint density at radius 2 is 2.14 bits per heavy atom. The summed E-state index contributed by atoms with van der Waals surface area (Å²) in [5.74, 6) is -1.73. The summed E-state index contributed by atoms with van der Waals surface area (Å²) in [5.41, 5.74) is 11.5. The van der Waals surface area contributed by atoms with Crippen molar-refractivity contribution in [1.29, 1.82) is 0 Å². The molecule has 4 N–H and O–H groups in total. The molecule has 1 aliphatic rings. The van der Waals surface area contributed by atoms with Gasteiger partial charge >= 0.3 is 12.3 Å². The predicted molar refractivity (Wildman–Crippen MR) is 96.7 cm³/mol. The molecule has 1 aromatic carbocycles. The molecule has 2 aromatic rings. The summed E-state index contributed by atoms with van der Waals surface area (Å²) in [4.78, 5) is 29.7. The van der Waals surface area contributed by atoms with Crippen LogP contribution in [0.25, 0.3) is 10.8 Å². The molecule has 0 spiro atoms. The van der Waals surface area contributed by atoms with Gasteiger partial charge in [0.05, 0.1) is 13.2 Å². The Morgan fingerprint density at radius 1 is 1.41 bits per heavy atom. The zero-order valence-corrected chi connectivity index (χ0v) is 15.4. The number of benzene rings is 1. The summed E-state index contributed by atoms with van der Waals surface area (Å²) < 4.78 is 47.8. The molecule has 1 fully saturated rings. The molecule has 2 heterocycles. The lowest BCUT2D eigenvalue weighted by atomic mass is 10.00. The van der Waals surface area contributed by atoms with Gasteiger partial charge in [-0.25, -0.2) is 9.78 Å². The molecule has 1 saturated heterocycles. The molecular weight excluding hydrogens is 393 g/mol. The van der Waals surface area contributed by atoms with E-state index < -0.39 is 36.1 Å². The highest BCUT2D eigenvalue weighted by Gasteiger charge is 2.39. The molecule has 1 aliphatic heterocycles. The maximum absolute atomic E-state index is 13.0. The predicted octanol–water partition coefficient (Wildman–Crippen LogP) is 1.36. The quantitative estimate of drug-likeness (QED) is 0.712. The number of nitrogens with zero attached hydrogens (tertiary/aromatic N) is 2. The Kier molecular flexibility index (Phi) is 5.51. The number of hydrogen-bond donors (Lipinski definition) is 2. The molecule has 8 nitrogen and oxygen atoms in total. The smallest absolute Gasteiger partial charge is 0.467 e. The van der Waals surface area contributed by atoms with E-state index >= 15 is 0 Å². The number of pyridine rings is 1. The van der Waals surface area contributed by atoms with Gasteiger partial charge in [0, 0.05) is 24.5 Å². The van der Waals surface area contributed by atoms with Crippen molar-refractivity contribution < 1.29 is 32.2 Å². The summed E-state index contributed by atoms with van der Waals surface area (Å²) in [7, 11) is 1.13. The first-order valence-corrected chi connectivity index (χ1v) is 8.67. The molecular formula is C18H19F3N4O4. The normalized spacial score (nSPS) is 18.2. The van der Waals surface area contributed by atoms with Crippen LogP contribution >= 0.6 is 0 Å². The number of nitrogens with two attached hydrogens (primary N) is 2. The van der Waals surface area contributed by atoms with Crippen LogP contribution in [0.2, 0.25) is 0 Å². The number of amides is 1. The molecule has 11 heteroatoms. The molecule has 0 saturated carbocycles. The van der Waals surface area contributed by atoms with Crippen LogP contribution in [0.3, 0.4) is 0 Å². The molecule has 0 radical (unpaired) electrons. The van der Waals surface area contributed by atoms with Crippen molar-refractivity contribution in [1.82, 2.24) is 9.88 Å². The summed E-state index contributed by atoms with van der Waals surface area (Å²) in [5, 5.41) is 0.777. The van der Waals surface area contributed by atoms with Gasteiger partial charge in [0.15, 0.2) is 0 Å². The van der Waals surface area contributed by atoms with Gasteiger partial charge in [-0.1, -0.05) is 0 Å². The fourth-order valence-corrected chi connectivity index (χ4v) is 3.35. The minimum Gasteiger partial charge on any atom is -0.467 e. The van der Waals surface area contributed by atoms with E-state index in [1.54, 1.807) is 6.07 Å². The highest BCUT2D eigenvalue weighted by Crippen LogP contribution is 2.34. The van der Waals surface area contributed by atoms with E-state index in [-0.39, 0.29) is 29.7 Å². The van der Waals surface area contributed by atoms with Crippen LogP contribution in [0.1, 0.15) is 12.0 Å². The molecule has 2 atom stereocenters. The first-order chi connectivity index (χ1) is 13.6. The van der Waals surface area contributed by atoms with Crippen molar-refractivity contribution >= 4 is 28.5 Å². The standard InChI is InChI=1S/C18H19F3N4O4/c1-28-17(27)13(25-5-3-12(22)16(25)26)7-10-6-9-2-4-24-15(23)11(9)8-14(10)29-18(19,20)21/h2,4,6,8,12-13H,3,5,7,22H2,1H3,(H2,23,24). The van der Waals surface area contributed by atoms with E-state index in [2.05, 4.69) is 9.72 Å². The van der Waals surface area contributed by atoms with Crippen LogP contribution in [-0.4, -0.2) is 53.9 Å². The number of hydrogen-bond acceptors (Lipinski definition) is 7. The van der Waals surface area contributed by atoms with Gasteiger partial charge in [-0.15, -0.1) is 13.2 Å². The second-order valence-corrected chi connectivity index (χ2v) is 6.59. The number of anilines is 1. The van der Waals surface area contributed by atoms with E-state index in [0.717, 1.165) is 13.2 Å². The van der Waals surface area contributed by atoms with Gasteiger partial charge in [-0.05, 0) is 35.6 Å². The Labute approximate surface area is 163 Å². The number of fused-ring (bicyclic) bond motifs is 1. The van der Waals surface area contributed by atoms with Gasteiger partial charge < -0.3 is 25.8 Å². The number of carbonyl (C=O) groups excluding carboxylic acids is 2. The summed E-state index contributed by atoms with van der Waals surface area (Å²) in [6.45, 7) is 0.194. The van der Waals surface area contributed by atoms with E-state index in [1.807, 2.05) is 0 Å². The van der Waals surface area contributed by atoms with Crippen LogP contribution in [0, 0.1) is 0 Å². The first kappa shape index (κ1) is 20.6. The second kappa shape index (κ2) is 7.74. The fourth-order valence-electron chi connectivity index (χ4n) is 3.35. The number of ether oxygens (including phenoxy) is 2. The van der Waals surface area contributed by atoms with Crippen molar-refractivity contribution in [3.05, 3.63) is 30.0 Å². The van der Waals surface area contributed by atoms with Crippen molar-refractivity contribution in [2.24, 2.45) is 5.73 Å². The highest BCUT2D eigenvalue weighted by molar-refractivity contribution is 5.93. The largest absolute Gasteiger partial charge is 0.573 e. The van der Waals surface area contributed by atoms with Crippen LogP contribution in [0.5, 0.6) is 5.75 Å². The third-order valence-electron chi connectivity index (χ3n) is 4.75. The molecule has 156 valence electrons. The number of nitrogen functional groups attached to an aromatic ring is 1. The van der Waals surface area contributed by atoms with Crippen LogP contribution < -0.4 is 16.2 Å². The molecule has 0 bridgehead atoms. The maximum Gasteiger partial charge on any atom is 0.573 e. The maximum atomic E-state index is 13.0. The second-order valence-electron chi connectivity index (χ2n) is 6.59. The zero-order chi connectivity index (χ0) is 21.3.